The molecule has 1 heterocycles. The Labute approximate surface area is 159 Å². The van der Waals surface area contributed by atoms with Gasteiger partial charge in [0.1, 0.15) is 26.9 Å². The standard InChI is InChI=1S/C18H27N5O4/c1-14-6-8-15(9-7-14)16-19-17(22(10-24-2)11-25-3)21-18(20-16)23(12-26-4)13-27-5/h6-9H,10-13H2,1-5H3. The van der Waals surface area contributed by atoms with E-state index in [0.717, 1.165) is 11.1 Å². The first-order valence-electron chi connectivity index (χ1n) is 8.41. The Hall–Kier alpha value is -2.33. The quantitative estimate of drug-likeness (QED) is 0.545. The van der Waals surface area contributed by atoms with Crippen molar-refractivity contribution in [3.63, 3.8) is 0 Å². The monoisotopic (exact) mass is 377 g/mol. The SMILES string of the molecule is COCN(COC)c1nc(-c2ccc(C)cc2)nc(N(COC)COC)n1. The van der Waals surface area contributed by atoms with Crippen molar-refractivity contribution >= 4 is 11.9 Å². The maximum atomic E-state index is 5.25. The predicted molar refractivity (Wildman–Crippen MR) is 102 cm³/mol. The summed E-state index contributed by atoms with van der Waals surface area (Å²) in [7, 11) is 6.42. The van der Waals surface area contributed by atoms with Crippen molar-refractivity contribution in [3.8, 4) is 11.4 Å². The molecule has 0 aliphatic heterocycles. The summed E-state index contributed by atoms with van der Waals surface area (Å²) in [5.74, 6) is 1.43. The largest absolute Gasteiger partial charge is 0.364 e. The highest BCUT2D eigenvalue weighted by Crippen LogP contribution is 2.22. The maximum absolute atomic E-state index is 5.25. The Morgan fingerprint density at radius 1 is 0.667 bits per heavy atom. The van der Waals surface area contributed by atoms with Gasteiger partial charge >= 0.3 is 0 Å². The smallest absolute Gasteiger partial charge is 0.234 e. The summed E-state index contributed by atoms with van der Waals surface area (Å²) in [6, 6.07) is 7.99. The van der Waals surface area contributed by atoms with Gasteiger partial charge in [-0.15, -0.1) is 0 Å². The van der Waals surface area contributed by atoms with Gasteiger partial charge in [0, 0.05) is 34.0 Å². The number of hydrogen-bond acceptors (Lipinski definition) is 9. The normalized spacial score (nSPS) is 10.9. The summed E-state index contributed by atoms with van der Waals surface area (Å²) in [5.41, 5.74) is 2.05. The van der Waals surface area contributed by atoms with E-state index in [-0.39, 0.29) is 26.9 Å². The molecule has 0 saturated carbocycles. The highest BCUT2D eigenvalue weighted by atomic mass is 16.5. The molecular formula is C18H27N5O4. The molecule has 0 aliphatic rings. The Morgan fingerprint density at radius 2 is 1.07 bits per heavy atom. The van der Waals surface area contributed by atoms with E-state index in [4.69, 9.17) is 18.9 Å². The van der Waals surface area contributed by atoms with Crippen LogP contribution in [0.4, 0.5) is 11.9 Å². The summed E-state index contributed by atoms with van der Waals surface area (Å²) in [4.78, 5) is 17.3. The molecule has 0 N–H and O–H groups in total. The fourth-order valence-corrected chi connectivity index (χ4v) is 2.40. The molecule has 1 aromatic carbocycles. The van der Waals surface area contributed by atoms with Crippen LogP contribution in [0, 0.1) is 6.92 Å². The molecule has 0 bridgehead atoms. The Bertz CT molecular complexity index is 652. The topological polar surface area (TPSA) is 82.1 Å². The van der Waals surface area contributed by atoms with Crippen LogP contribution in [-0.4, -0.2) is 70.3 Å². The van der Waals surface area contributed by atoms with Gasteiger partial charge in [-0.3, -0.25) is 9.80 Å². The molecule has 0 saturated heterocycles. The van der Waals surface area contributed by atoms with Crippen LogP contribution in [-0.2, 0) is 18.9 Å². The van der Waals surface area contributed by atoms with Crippen LogP contribution >= 0.6 is 0 Å². The fourth-order valence-electron chi connectivity index (χ4n) is 2.40. The van der Waals surface area contributed by atoms with Crippen LogP contribution in [0.15, 0.2) is 24.3 Å². The van der Waals surface area contributed by atoms with E-state index in [0.29, 0.717) is 17.7 Å². The van der Waals surface area contributed by atoms with Crippen LogP contribution in [0.3, 0.4) is 0 Å². The summed E-state index contributed by atoms with van der Waals surface area (Å²) in [6.45, 7) is 3.14. The van der Waals surface area contributed by atoms with Gasteiger partial charge in [-0.1, -0.05) is 29.8 Å². The minimum atomic E-state index is 0.277. The minimum absolute atomic E-state index is 0.277. The number of methoxy groups -OCH3 is 4. The van der Waals surface area contributed by atoms with Crippen LogP contribution in [0.25, 0.3) is 11.4 Å². The van der Waals surface area contributed by atoms with Crippen molar-refractivity contribution < 1.29 is 18.9 Å². The molecular weight excluding hydrogens is 350 g/mol. The number of ether oxygens (including phenoxy) is 4. The van der Waals surface area contributed by atoms with E-state index >= 15 is 0 Å². The van der Waals surface area contributed by atoms with Gasteiger partial charge in [0.25, 0.3) is 0 Å². The van der Waals surface area contributed by atoms with E-state index in [1.54, 1.807) is 38.2 Å². The molecule has 0 unspecified atom stereocenters. The van der Waals surface area contributed by atoms with Crippen molar-refractivity contribution in [3.05, 3.63) is 29.8 Å². The van der Waals surface area contributed by atoms with Gasteiger partial charge in [-0.2, -0.15) is 15.0 Å². The Kier molecular flexibility index (Phi) is 8.34. The van der Waals surface area contributed by atoms with Crippen LogP contribution < -0.4 is 9.80 Å². The summed E-state index contributed by atoms with van der Waals surface area (Å²) >= 11 is 0. The van der Waals surface area contributed by atoms with E-state index in [1.807, 2.05) is 31.2 Å². The second-order valence-electron chi connectivity index (χ2n) is 5.88. The van der Waals surface area contributed by atoms with Crippen LogP contribution in [0.2, 0.25) is 0 Å². The number of anilines is 2. The molecule has 2 aromatic rings. The maximum Gasteiger partial charge on any atom is 0.234 e. The highest BCUT2D eigenvalue weighted by Gasteiger charge is 2.18. The molecule has 0 spiro atoms. The number of aryl methyl sites for hydroxylation is 1. The summed E-state index contributed by atoms with van der Waals surface area (Å²) in [5, 5.41) is 0. The lowest BCUT2D eigenvalue weighted by molar-refractivity contribution is 0.136. The second-order valence-corrected chi connectivity index (χ2v) is 5.88. The minimum Gasteiger partial charge on any atom is -0.364 e. The van der Waals surface area contributed by atoms with E-state index < -0.39 is 0 Å². The Balaban J connectivity index is 2.52. The number of rotatable bonds is 11. The molecule has 9 heteroatoms. The zero-order valence-electron chi connectivity index (χ0n) is 16.5. The zero-order chi connectivity index (χ0) is 19.6. The molecule has 9 nitrogen and oxygen atoms in total. The van der Waals surface area contributed by atoms with Gasteiger partial charge in [0.15, 0.2) is 5.82 Å². The highest BCUT2D eigenvalue weighted by molar-refractivity contribution is 5.59. The molecule has 1 aromatic heterocycles. The number of benzene rings is 1. The van der Waals surface area contributed by atoms with Crippen molar-refractivity contribution in [2.45, 2.75) is 6.92 Å². The predicted octanol–water partition coefficient (Wildman–Crippen LogP) is 1.88. The first kappa shape index (κ1) is 21.0. The zero-order valence-corrected chi connectivity index (χ0v) is 16.5. The van der Waals surface area contributed by atoms with Crippen LogP contribution in [0.1, 0.15) is 5.56 Å². The van der Waals surface area contributed by atoms with E-state index in [9.17, 15) is 0 Å². The third-order valence-electron chi connectivity index (χ3n) is 3.63. The van der Waals surface area contributed by atoms with E-state index in [2.05, 4.69) is 15.0 Å². The number of nitrogens with zero attached hydrogens (tertiary/aromatic N) is 5. The lowest BCUT2D eigenvalue weighted by Gasteiger charge is -2.24. The van der Waals surface area contributed by atoms with Crippen molar-refractivity contribution in [1.82, 2.24) is 15.0 Å². The summed E-state index contributed by atoms with van der Waals surface area (Å²) < 4.78 is 21.0. The van der Waals surface area contributed by atoms with Crippen molar-refractivity contribution in [2.75, 3.05) is 65.2 Å². The van der Waals surface area contributed by atoms with E-state index in [1.165, 1.54) is 0 Å². The molecule has 148 valence electrons. The third-order valence-corrected chi connectivity index (χ3v) is 3.63. The fraction of sp³-hybridized carbons (Fsp3) is 0.500. The lowest BCUT2D eigenvalue weighted by Crippen LogP contribution is -2.33. The first-order chi connectivity index (χ1) is 13.1. The molecule has 0 radical (unpaired) electrons. The van der Waals surface area contributed by atoms with Gasteiger partial charge in [-0.25, -0.2) is 0 Å². The third kappa shape index (κ3) is 5.83. The van der Waals surface area contributed by atoms with Crippen molar-refractivity contribution in [1.29, 1.82) is 0 Å². The molecule has 0 amide bonds. The lowest BCUT2D eigenvalue weighted by atomic mass is 10.1. The average molecular weight is 377 g/mol. The number of hydrogen-bond donors (Lipinski definition) is 0. The average Bonchev–Trinajstić information content (AvgIpc) is 2.68. The van der Waals surface area contributed by atoms with Gasteiger partial charge in [0.2, 0.25) is 11.9 Å². The first-order valence-corrected chi connectivity index (χ1v) is 8.41. The number of aromatic nitrogens is 3. The van der Waals surface area contributed by atoms with Gasteiger partial charge in [0.05, 0.1) is 0 Å². The van der Waals surface area contributed by atoms with Gasteiger partial charge in [-0.05, 0) is 6.92 Å². The van der Waals surface area contributed by atoms with Crippen LogP contribution in [0.5, 0.6) is 0 Å². The summed E-state index contributed by atoms with van der Waals surface area (Å²) in [6.07, 6.45) is 0. The molecule has 2 rings (SSSR count). The molecule has 0 atom stereocenters. The second kappa shape index (κ2) is 10.7. The molecule has 27 heavy (non-hydrogen) atoms. The van der Waals surface area contributed by atoms with Crippen molar-refractivity contribution in [2.24, 2.45) is 0 Å². The van der Waals surface area contributed by atoms with Gasteiger partial charge < -0.3 is 18.9 Å². The Morgan fingerprint density at radius 3 is 1.44 bits per heavy atom. The molecule has 0 fully saturated rings. The molecule has 0 aliphatic carbocycles.